The third kappa shape index (κ3) is 4.63. The Labute approximate surface area is 124 Å². The Morgan fingerprint density at radius 1 is 1.35 bits per heavy atom. The molecule has 2 N–H and O–H groups in total. The second kappa shape index (κ2) is 6.30. The molecule has 20 heavy (non-hydrogen) atoms. The summed E-state index contributed by atoms with van der Waals surface area (Å²) >= 11 is 2.99. The molecular formula is C13H18BrF3N2O. The third-order valence-corrected chi connectivity index (χ3v) is 3.37. The van der Waals surface area contributed by atoms with Crippen LogP contribution in [0.2, 0.25) is 0 Å². The second-order valence-electron chi connectivity index (χ2n) is 5.62. The number of alkyl halides is 3. The fourth-order valence-electron chi connectivity index (χ4n) is 1.79. The van der Waals surface area contributed by atoms with Gasteiger partial charge in [0.15, 0.2) is 0 Å². The van der Waals surface area contributed by atoms with Crippen LogP contribution in [0.4, 0.5) is 19.0 Å². The molecule has 1 unspecified atom stereocenters. The molecule has 0 aliphatic rings. The molecule has 0 aromatic carbocycles. The van der Waals surface area contributed by atoms with Crippen molar-refractivity contribution in [1.82, 2.24) is 4.98 Å². The van der Waals surface area contributed by atoms with Crippen molar-refractivity contribution in [3.63, 3.8) is 0 Å². The van der Waals surface area contributed by atoms with Gasteiger partial charge in [0.25, 0.3) is 0 Å². The van der Waals surface area contributed by atoms with Gasteiger partial charge in [-0.2, -0.15) is 13.2 Å². The summed E-state index contributed by atoms with van der Waals surface area (Å²) in [6.07, 6.45) is -2.82. The van der Waals surface area contributed by atoms with Crippen LogP contribution in [0.5, 0.6) is 0 Å². The molecule has 1 aromatic rings. The van der Waals surface area contributed by atoms with Crippen LogP contribution >= 0.6 is 15.9 Å². The van der Waals surface area contributed by atoms with Gasteiger partial charge in [-0.05, 0) is 33.8 Å². The van der Waals surface area contributed by atoms with Crippen molar-refractivity contribution in [3.05, 3.63) is 22.3 Å². The molecule has 0 fully saturated rings. The van der Waals surface area contributed by atoms with E-state index in [1.54, 1.807) is 0 Å². The molecule has 1 atom stereocenters. The van der Waals surface area contributed by atoms with Gasteiger partial charge in [0.2, 0.25) is 0 Å². The van der Waals surface area contributed by atoms with Crippen molar-refractivity contribution in [2.45, 2.75) is 39.4 Å². The fraction of sp³-hybridized carbons (Fsp3) is 0.615. The standard InChI is InChI=1S/C13H18BrF3N2O/c1-12(2,3)10(4-5-20)19-11-9(13(15,16)17)6-8(14)7-18-11/h6-7,10,20H,4-5H2,1-3H3,(H,18,19). The number of anilines is 1. The highest BCUT2D eigenvalue weighted by molar-refractivity contribution is 9.10. The maximum Gasteiger partial charge on any atom is 0.419 e. The molecule has 1 aromatic heterocycles. The number of halogens is 4. The Kier molecular flexibility index (Phi) is 5.43. The lowest BCUT2D eigenvalue weighted by Crippen LogP contribution is -2.36. The van der Waals surface area contributed by atoms with Crippen molar-refractivity contribution in [3.8, 4) is 0 Å². The van der Waals surface area contributed by atoms with Crippen molar-refractivity contribution in [2.24, 2.45) is 5.41 Å². The zero-order valence-electron chi connectivity index (χ0n) is 11.6. The van der Waals surface area contributed by atoms with E-state index < -0.39 is 11.7 Å². The third-order valence-electron chi connectivity index (χ3n) is 2.93. The van der Waals surface area contributed by atoms with E-state index in [1.165, 1.54) is 6.20 Å². The van der Waals surface area contributed by atoms with Crippen LogP contribution in [-0.4, -0.2) is 22.7 Å². The lowest BCUT2D eigenvalue weighted by Gasteiger charge is -2.32. The highest BCUT2D eigenvalue weighted by atomic mass is 79.9. The zero-order chi connectivity index (χ0) is 15.6. The van der Waals surface area contributed by atoms with E-state index in [1.807, 2.05) is 20.8 Å². The molecule has 0 amide bonds. The van der Waals surface area contributed by atoms with E-state index in [0.29, 0.717) is 6.42 Å². The Morgan fingerprint density at radius 3 is 2.40 bits per heavy atom. The number of nitrogens with one attached hydrogen (secondary N) is 1. The highest BCUT2D eigenvalue weighted by Crippen LogP contribution is 2.36. The number of aliphatic hydroxyl groups is 1. The monoisotopic (exact) mass is 354 g/mol. The zero-order valence-corrected chi connectivity index (χ0v) is 13.1. The molecule has 114 valence electrons. The van der Waals surface area contributed by atoms with Gasteiger partial charge in [0.05, 0.1) is 5.56 Å². The van der Waals surface area contributed by atoms with Crippen LogP contribution in [-0.2, 0) is 6.18 Å². The molecule has 1 heterocycles. The van der Waals surface area contributed by atoms with Crippen LogP contribution in [0.15, 0.2) is 16.7 Å². The van der Waals surface area contributed by atoms with Gasteiger partial charge in [-0.3, -0.25) is 0 Å². The summed E-state index contributed by atoms with van der Waals surface area (Å²) in [5.41, 5.74) is -1.13. The van der Waals surface area contributed by atoms with E-state index in [-0.39, 0.29) is 28.4 Å². The number of hydrogen-bond donors (Lipinski definition) is 2. The molecule has 0 aliphatic carbocycles. The summed E-state index contributed by atoms with van der Waals surface area (Å²) in [4.78, 5) is 3.82. The van der Waals surface area contributed by atoms with E-state index >= 15 is 0 Å². The van der Waals surface area contributed by atoms with E-state index in [4.69, 9.17) is 5.11 Å². The van der Waals surface area contributed by atoms with Gasteiger partial charge in [-0.1, -0.05) is 20.8 Å². The molecule has 0 bridgehead atoms. The quantitative estimate of drug-likeness (QED) is 0.856. The molecule has 0 aliphatic heterocycles. The van der Waals surface area contributed by atoms with Crippen LogP contribution < -0.4 is 5.32 Å². The molecular weight excluding hydrogens is 337 g/mol. The first kappa shape index (κ1) is 17.2. The van der Waals surface area contributed by atoms with Gasteiger partial charge < -0.3 is 10.4 Å². The summed E-state index contributed by atoms with van der Waals surface area (Å²) in [5.74, 6) is -0.214. The molecule has 0 saturated carbocycles. The Balaban J connectivity index is 3.13. The Bertz CT molecular complexity index is 458. The predicted molar refractivity (Wildman–Crippen MR) is 75.5 cm³/mol. The fourth-order valence-corrected chi connectivity index (χ4v) is 2.12. The van der Waals surface area contributed by atoms with Gasteiger partial charge in [-0.15, -0.1) is 0 Å². The average Bonchev–Trinajstić information content (AvgIpc) is 2.28. The summed E-state index contributed by atoms with van der Waals surface area (Å²) in [7, 11) is 0. The lowest BCUT2D eigenvalue weighted by molar-refractivity contribution is -0.137. The summed E-state index contributed by atoms with van der Waals surface area (Å²) < 4.78 is 39.3. The van der Waals surface area contributed by atoms with E-state index in [2.05, 4.69) is 26.2 Å². The lowest BCUT2D eigenvalue weighted by atomic mass is 9.85. The number of aromatic nitrogens is 1. The molecule has 0 radical (unpaired) electrons. The van der Waals surface area contributed by atoms with E-state index in [0.717, 1.165) is 6.07 Å². The van der Waals surface area contributed by atoms with Crippen molar-refractivity contribution in [1.29, 1.82) is 0 Å². The number of hydrogen-bond acceptors (Lipinski definition) is 3. The van der Waals surface area contributed by atoms with Gasteiger partial charge in [0, 0.05) is 23.3 Å². The number of aliphatic hydroxyl groups excluding tert-OH is 1. The predicted octanol–water partition coefficient (Wildman–Crippen LogP) is 4.07. The van der Waals surface area contributed by atoms with Crippen LogP contribution in [0.1, 0.15) is 32.8 Å². The van der Waals surface area contributed by atoms with Crippen LogP contribution in [0.25, 0.3) is 0 Å². The molecule has 0 saturated heterocycles. The summed E-state index contributed by atoms with van der Waals surface area (Å²) in [5, 5.41) is 11.9. The highest BCUT2D eigenvalue weighted by Gasteiger charge is 2.36. The van der Waals surface area contributed by atoms with Crippen molar-refractivity contribution < 1.29 is 18.3 Å². The largest absolute Gasteiger partial charge is 0.419 e. The summed E-state index contributed by atoms with van der Waals surface area (Å²) in [6.45, 7) is 5.58. The minimum absolute atomic E-state index is 0.104. The smallest absolute Gasteiger partial charge is 0.396 e. The van der Waals surface area contributed by atoms with Crippen molar-refractivity contribution >= 4 is 21.7 Å². The maximum absolute atomic E-state index is 13.0. The molecule has 1 rings (SSSR count). The van der Waals surface area contributed by atoms with Crippen molar-refractivity contribution in [2.75, 3.05) is 11.9 Å². The SMILES string of the molecule is CC(C)(C)C(CCO)Nc1ncc(Br)cc1C(F)(F)F. The van der Waals surface area contributed by atoms with Crippen LogP contribution in [0.3, 0.4) is 0 Å². The number of rotatable bonds is 4. The minimum Gasteiger partial charge on any atom is -0.396 e. The normalized spacial score (nSPS) is 14.2. The Morgan fingerprint density at radius 2 is 1.95 bits per heavy atom. The first-order valence-corrected chi connectivity index (χ1v) is 6.95. The topological polar surface area (TPSA) is 45.1 Å². The summed E-state index contributed by atoms with van der Waals surface area (Å²) in [6, 6.07) is 0.677. The molecule has 0 spiro atoms. The maximum atomic E-state index is 13.0. The molecule has 3 nitrogen and oxygen atoms in total. The second-order valence-corrected chi connectivity index (χ2v) is 6.54. The number of pyridine rings is 1. The Hall–Kier alpha value is -0.820. The van der Waals surface area contributed by atoms with Crippen LogP contribution in [0, 0.1) is 5.41 Å². The number of nitrogens with zero attached hydrogens (tertiary/aromatic N) is 1. The molecule has 7 heteroatoms. The van der Waals surface area contributed by atoms with Gasteiger partial charge >= 0.3 is 6.18 Å². The average molecular weight is 355 g/mol. The minimum atomic E-state index is -4.49. The van der Waals surface area contributed by atoms with Gasteiger partial charge in [-0.25, -0.2) is 4.98 Å². The van der Waals surface area contributed by atoms with E-state index in [9.17, 15) is 13.2 Å². The van der Waals surface area contributed by atoms with Gasteiger partial charge in [0.1, 0.15) is 5.82 Å². The first-order valence-electron chi connectivity index (χ1n) is 6.16. The first-order chi connectivity index (χ1) is 9.05.